The van der Waals surface area contributed by atoms with Gasteiger partial charge in [-0.2, -0.15) is 5.10 Å². The fourth-order valence-corrected chi connectivity index (χ4v) is 3.35. The summed E-state index contributed by atoms with van der Waals surface area (Å²) in [5.41, 5.74) is 1.74. The molecule has 0 spiro atoms. The zero-order valence-corrected chi connectivity index (χ0v) is 14.8. The Morgan fingerprint density at radius 3 is 2.59 bits per heavy atom. The molecule has 1 aliphatic heterocycles. The van der Waals surface area contributed by atoms with Crippen molar-refractivity contribution in [2.75, 3.05) is 6.54 Å². The van der Waals surface area contributed by atoms with Crippen molar-refractivity contribution in [3.8, 4) is 0 Å². The lowest BCUT2D eigenvalue weighted by Gasteiger charge is -2.31. The number of likely N-dealkylation sites (tertiary alicyclic amines) is 1. The van der Waals surface area contributed by atoms with Crippen LogP contribution in [0.5, 0.6) is 0 Å². The molecule has 2 rings (SSSR count). The second kappa shape index (κ2) is 7.30. The Balaban J connectivity index is 2.24. The number of hydrogen-bond acceptors (Lipinski definition) is 2. The van der Waals surface area contributed by atoms with E-state index >= 15 is 0 Å². The summed E-state index contributed by atoms with van der Waals surface area (Å²) in [5, 5.41) is 4.50. The molecule has 0 bridgehead atoms. The summed E-state index contributed by atoms with van der Waals surface area (Å²) in [6.45, 7) is 9.61. The number of aromatic nitrogens is 2. The first-order valence-electron chi connectivity index (χ1n) is 8.75. The largest absolute Gasteiger partial charge is 0.334 e. The Morgan fingerprint density at radius 1 is 1.27 bits per heavy atom. The van der Waals surface area contributed by atoms with Crippen LogP contribution in [0, 0.1) is 5.92 Å². The quantitative estimate of drug-likeness (QED) is 0.844. The second-order valence-electron chi connectivity index (χ2n) is 7.36. The first-order chi connectivity index (χ1) is 10.4. The highest BCUT2D eigenvalue weighted by molar-refractivity contribution is 5.93. The molecular formula is C18H31N3O. The molecule has 0 aromatic carbocycles. The predicted molar refractivity (Wildman–Crippen MR) is 90.0 cm³/mol. The van der Waals surface area contributed by atoms with Crippen LogP contribution >= 0.6 is 0 Å². The summed E-state index contributed by atoms with van der Waals surface area (Å²) in [6.07, 6.45) is 5.83. The predicted octanol–water partition coefficient (Wildman–Crippen LogP) is 3.97. The van der Waals surface area contributed by atoms with E-state index in [4.69, 9.17) is 0 Å². The van der Waals surface area contributed by atoms with Gasteiger partial charge in [-0.3, -0.25) is 9.48 Å². The van der Waals surface area contributed by atoms with E-state index in [9.17, 15) is 4.79 Å². The molecule has 1 aromatic rings. The molecule has 0 N–H and O–H groups in total. The highest BCUT2D eigenvalue weighted by Gasteiger charge is 2.28. The third kappa shape index (κ3) is 3.90. The Labute approximate surface area is 134 Å². The van der Waals surface area contributed by atoms with E-state index in [-0.39, 0.29) is 5.91 Å². The molecule has 1 saturated heterocycles. The minimum Gasteiger partial charge on any atom is -0.334 e. The van der Waals surface area contributed by atoms with Gasteiger partial charge in [0.05, 0.1) is 5.69 Å². The SMILES string of the molecule is CC(C)C[C@@H]1CCCCCN1C(=O)c1cc(C(C)C)nn1C. The summed E-state index contributed by atoms with van der Waals surface area (Å²) < 4.78 is 1.76. The number of aryl methyl sites for hydroxylation is 1. The summed E-state index contributed by atoms with van der Waals surface area (Å²) in [7, 11) is 1.88. The van der Waals surface area contributed by atoms with Crippen LogP contribution in [0.25, 0.3) is 0 Å². The highest BCUT2D eigenvalue weighted by Crippen LogP contribution is 2.25. The Kier molecular flexibility index (Phi) is 5.65. The van der Waals surface area contributed by atoms with Gasteiger partial charge in [0.15, 0.2) is 0 Å². The van der Waals surface area contributed by atoms with Gasteiger partial charge >= 0.3 is 0 Å². The van der Waals surface area contributed by atoms with E-state index in [0.29, 0.717) is 17.9 Å². The average Bonchev–Trinajstić information content (AvgIpc) is 2.68. The Morgan fingerprint density at radius 2 is 2.00 bits per heavy atom. The van der Waals surface area contributed by atoms with Crippen LogP contribution in [0.2, 0.25) is 0 Å². The number of nitrogens with zero attached hydrogens (tertiary/aromatic N) is 3. The summed E-state index contributed by atoms with van der Waals surface area (Å²) in [5.74, 6) is 1.13. The van der Waals surface area contributed by atoms with Crippen LogP contribution in [0.3, 0.4) is 0 Å². The molecule has 1 aliphatic rings. The Hall–Kier alpha value is -1.32. The summed E-state index contributed by atoms with van der Waals surface area (Å²) >= 11 is 0. The fraction of sp³-hybridized carbons (Fsp3) is 0.778. The lowest BCUT2D eigenvalue weighted by molar-refractivity contribution is 0.0650. The lowest BCUT2D eigenvalue weighted by Crippen LogP contribution is -2.41. The van der Waals surface area contributed by atoms with Gasteiger partial charge in [-0.15, -0.1) is 0 Å². The standard InChI is InChI=1S/C18H31N3O/c1-13(2)11-15-9-7-6-8-10-21(15)18(22)17-12-16(14(3)4)19-20(17)5/h12-15H,6-11H2,1-5H3/t15-/m0/s1. The van der Waals surface area contributed by atoms with Crippen molar-refractivity contribution >= 4 is 5.91 Å². The van der Waals surface area contributed by atoms with E-state index < -0.39 is 0 Å². The topological polar surface area (TPSA) is 38.1 Å². The number of carbonyl (C=O) groups is 1. The molecule has 2 heterocycles. The molecule has 1 atom stereocenters. The second-order valence-corrected chi connectivity index (χ2v) is 7.36. The molecule has 124 valence electrons. The van der Waals surface area contributed by atoms with Crippen LogP contribution in [0.15, 0.2) is 6.07 Å². The van der Waals surface area contributed by atoms with Gasteiger partial charge in [-0.1, -0.05) is 40.5 Å². The third-order valence-corrected chi connectivity index (χ3v) is 4.59. The minimum atomic E-state index is 0.162. The number of rotatable bonds is 4. The van der Waals surface area contributed by atoms with Gasteiger partial charge in [0.25, 0.3) is 5.91 Å². The fourth-order valence-electron chi connectivity index (χ4n) is 3.35. The lowest BCUT2D eigenvalue weighted by atomic mass is 9.98. The van der Waals surface area contributed by atoms with Crippen molar-refractivity contribution in [3.63, 3.8) is 0 Å². The molecule has 0 radical (unpaired) electrons. The zero-order valence-electron chi connectivity index (χ0n) is 14.8. The molecule has 4 nitrogen and oxygen atoms in total. The van der Waals surface area contributed by atoms with Gasteiger partial charge < -0.3 is 4.90 Å². The van der Waals surface area contributed by atoms with Gasteiger partial charge in [-0.05, 0) is 37.2 Å². The average molecular weight is 305 g/mol. The van der Waals surface area contributed by atoms with Crippen LogP contribution in [0.1, 0.15) is 81.9 Å². The maximum Gasteiger partial charge on any atom is 0.272 e. The van der Waals surface area contributed by atoms with Crippen molar-refractivity contribution in [1.82, 2.24) is 14.7 Å². The van der Waals surface area contributed by atoms with Crippen molar-refractivity contribution in [2.45, 2.75) is 71.8 Å². The molecule has 0 aliphatic carbocycles. The van der Waals surface area contributed by atoms with Crippen molar-refractivity contribution in [3.05, 3.63) is 17.5 Å². The van der Waals surface area contributed by atoms with Gasteiger partial charge in [0, 0.05) is 19.6 Å². The molecule has 22 heavy (non-hydrogen) atoms. The molecule has 1 amide bonds. The molecular weight excluding hydrogens is 274 g/mol. The molecule has 0 unspecified atom stereocenters. The maximum absolute atomic E-state index is 13.1. The Bertz CT molecular complexity index is 504. The van der Waals surface area contributed by atoms with Gasteiger partial charge in [0.2, 0.25) is 0 Å². The maximum atomic E-state index is 13.1. The van der Waals surface area contributed by atoms with E-state index in [1.807, 2.05) is 13.1 Å². The van der Waals surface area contributed by atoms with Gasteiger partial charge in [0.1, 0.15) is 5.69 Å². The smallest absolute Gasteiger partial charge is 0.272 e. The van der Waals surface area contributed by atoms with Crippen LogP contribution in [0.4, 0.5) is 0 Å². The van der Waals surface area contributed by atoms with Crippen molar-refractivity contribution < 1.29 is 4.79 Å². The van der Waals surface area contributed by atoms with Crippen molar-refractivity contribution in [2.24, 2.45) is 13.0 Å². The van der Waals surface area contributed by atoms with Crippen LogP contribution in [-0.4, -0.2) is 33.2 Å². The zero-order chi connectivity index (χ0) is 16.3. The van der Waals surface area contributed by atoms with Crippen LogP contribution < -0.4 is 0 Å². The number of hydrogen-bond donors (Lipinski definition) is 0. The first-order valence-corrected chi connectivity index (χ1v) is 8.75. The normalized spacial score (nSPS) is 19.8. The molecule has 0 saturated carbocycles. The highest BCUT2D eigenvalue weighted by atomic mass is 16.2. The molecule has 4 heteroatoms. The van der Waals surface area contributed by atoms with E-state index in [0.717, 1.165) is 37.2 Å². The number of amides is 1. The minimum absolute atomic E-state index is 0.162. The monoisotopic (exact) mass is 305 g/mol. The first kappa shape index (κ1) is 17.0. The van der Waals surface area contributed by atoms with E-state index in [2.05, 4.69) is 37.7 Å². The van der Waals surface area contributed by atoms with Crippen LogP contribution in [-0.2, 0) is 7.05 Å². The van der Waals surface area contributed by atoms with Gasteiger partial charge in [-0.25, -0.2) is 0 Å². The summed E-state index contributed by atoms with van der Waals surface area (Å²) in [4.78, 5) is 15.2. The molecule has 1 aromatic heterocycles. The van der Waals surface area contributed by atoms with E-state index in [1.165, 1.54) is 12.8 Å². The molecule has 1 fully saturated rings. The number of carbonyl (C=O) groups excluding carboxylic acids is 1. The van der Waals surface area contributed by atoms with E-state index in [1.54, 1.807) is 4.68 Å². The van der Waals surface area contributed by atoms with Crippen molar-refractivity contribution in [1.29, 1.82) is 0 Å². The third-order valence-electron chi connectivity index (χ3n) is 4.59. The summed E-state index contributed by atoms with van der Waals surface area (Å²) in [6, 6.07) is 2.36.